The third-order valence-electron chi connectivity index (χ3n) is 4.71. The second-order valence-electron chi connectivity index (χ2n) is 6.79. The van der Waals surface area contributed by atoms with E-state index in [0.29, 0.717) is 17.5 Å². The van der Waals surface area contributed by atoms with Crippen molar-refractivity contribution in [2.75, 3.05) is 25.6 Å². The lowest BCUT2D eigenvalue weighted by atomic mass is 10.0. The standard InChI is InChI=1S/C20H27N3O5/c1-14-12-15(21-10-4-3-5-11-28-2)6-7-16(14)20(27)23(13-24)17-8-9-18(25)22-19(17)26/h6-7,12-13,17,21H,3-5,8-11H2,1-2H3,(H,22,25,26). The fraction of sp³-hybridized carbons (Fsp3) is 0.500. The molecule has 4 amide bonds. The van der Waals surface area contributed by atoms with Gasteiger partial charge in [-0.25, -0.2) is 0 Å². The van der Waals surface area contributed by atoms with E-state index in [1.165, 1.54) is 0 Å². The van der Waals surface area contributed by atoms with Crippen LogP contribution in [0.3, 0.4) is 0 Å². The van der Waals surface area contributed by atoms with E-state index < -0.39 is 23.8 Å². The lowest BCUT2D eigenvalue weighted by Gasteiger charge is -2.28. The summed E-state index contributed by atoms with van der Waals surface area (Å²) in [7, 11) is 1.69. The first kappa shape index (κ1) is 21.6. The Morgan fingerprint density at radius 1 is 1.32 bits per heavy atom. The summed E-state index contributed by atoms with van der Waals surface area (Å²) in [6.45, 7) is 3.36. The number of hydrogen-bond acceptors (Lipinski definition) is 6. The van der Waals surface area contributed by atoms with Crippen LogP contribution in [0.4, 0.5) is 5.69 Å². The molecule has 0 spiro atoms. The number of nitrogens with zero attached hydrogens (tertiary/aromatic N) is 1. The number of ether oxygens (including phenoxy) is 1. The summed E-state index contributed by atoms with van der Waals surface area (Å²) in [5.74, 6) is -1.57. The zero-order valence-corrected chi connectivity index (χ0v) is 16.3. The quantitative estimate of drug-likeness (QED) is 0.358. The number of rotatable bonds is 10. The van der Waals surface area contributed by atoms with Crippen LogP contribution in [0.15, 0.2) is 18.2 Å². The Kier molecular flexibility index (Phi) is 8.13. The van der Waals surface area contributed by atoms with E-state index in [4.69, 9.17) is 4.74 Å². The second-order valence-corrected chi connectivity index (χ2v) is 6.79. The fourth-order valence-corrected chi connectivity index (χ4v) is 3.14. The molecule has 1 aliphatic rings. The lowest BCUT2D eigenvalue weighted by molar-refractivity contribution is -0.139. The topological polar surface area (TPSA) is 105 Å². The Labute approximate surface area is 164 Å². The maximum Gasteiger partial charge on any atom is 0.261 e. The molecule has 8 heteroatoms. The van der Waals surface area contributed by atoms with E-state index in [-0.39, 0.29) is 12.8 Å². The van der Waals surface area contributed by atoms with E-state index in [1.54, 1.807) is 26.2 Å². The molecule has 0 saturated carbocycles. The highest BCUT2D eigenvalue weighted by atomic mass is 16.5. The van der Waals surface area contributed by atoms with E-state index in [9.17, 15) is 19.2 Å². The number of unbranched alkanes of at least 4 members (excludes halogenated alkanes) is 2. The van der Waals surface area contributed by atoms with Crippen molar-refractivity contribution in [3.63, 3.8) is 0 Å². The normalized spacial score (nSPS) is 16.4. The predicted molar refractivity (Wildman–Crippen MR) is 104 cm³/mol. The number of hydrogen-bond donors (Lipinski definition) is 2. The Balaban J connectivity index is 1.99. The van der Waals surface area contributed by atoms with Gasteiger partial charge in [0, 0.05) is 37.9 Å². The minimum atomic E-state index is -0.966. The highest BCUT2D eigenvalue weighted by molar-refractivity contribution is 6.07. The first-order chi connectivity index (χ1) is 13.5. The van der Waals surface area contributed by atoms with Crippen molar-refractivity contribution in [2.24, 2.45) is 0 Å². The van der Waals surface area contributed by atoms with Gasteiger partial charge in [-0.2, -0.15) is 0 Å². The molecule has 8 nitrogen and oxygen atoms in total. The van der Waals surface area contributed by atoms with Crippen molar-refractivity contribution in [2.45, 2.75) is 45.1 Å². The zero-order valence-electron chi connectivity index (χ0n) is 16.3. The maximum atomic E-state index is 12.8. The molecule has 0 aromatic heterocycles. The number of carbonyl (C=O) groups is 4. The number of anilines is 1. The van der Waals surface area contributed by atoms with Crippen LogP contribution in [0.1, 0.15) is 48.0 Å². The number of methoxy groups -OCH3 is 1. The van der Waals surface area contributed by atoms with Gasteiger partial charge in [-0.15, -0.1) is 0 Å². The Morgan fingerprint density at radius 3 is 2.75 bits per heavy atom. The molecule has 1 saturated heterocycles. The number of imide groups is 2. The molecule has 2 rings (SSSR count). The van der Waals surface area contributed by atoms with Crippen LogP contribution in [-0.2, 0) is 19.1 Å². The molecule has 2 N–H and O–H groups in total. The van der Waals surface area contributed by atoms with Crippen molar-refractivity contribution in [1.82, 2.24) is 10.2 Å². The van der Waals surface area contributed by atoms with Crippen molar-refractivity contribution >= 4 is 29.8 Å². The van der Waals surface area contributed by atoms with Crippen LogP contribution in [0, 0.1) is 6.92 Å². The average molecular weight is 389 g/mol. The Bertz CT molecular complexity index is 735. The summed E-state index contributed by atoms with van der Waals surface area (Å²) in [4.78, 5) is 48.4. The summed E-state index contributed by atoms with van der Waals surface area (Å²) >= 11 is 0. The Hall–Kier alpha value is -2.74. The molecule has 1 aromatic rings. The first-order valence-electron chi connectivity index (χ1n) is 9.43. The minimum absolute atomic E-state index is 0.0975. The van der Waals surface area contributed by atoms with Gasteiger partial charge in [-0.1, -0.05) is 0 Å². The van der Waals surface area contributed by atoms with Gasteiger partial charge in [0.15, 0.2) is 0 Å². The number of amides is 4. The van der Waals surface area contributed by atoms with Crippen LogP contribution in [0.2, 0.25) is 0 Å². The van der Waals surface area contributed by atoms with Gasteiger partial charge >= 0.3 is 0 Å². The summed E-state index contributed by atoms with van der Waals surface area (Å²) in [5.41, 5.74) is 1.94. The third kappa shape index (κ3) is 5.63. The van der Waals surface area contributed by atoms with Gasteiger partial charge in [-0.3, -0.25) is 29.4 Å². The number of piperidine rings is 1. The molecule has 1 unspecified atom stereocenters. The molecule has 1 heterocycles. The molecule has 28 heavy (non-hydrogen) atoms. The fourth-order valence-electron chi connectivity index (χ4n) is 3.14. The van der Waals surface area contributed by atoms with Crippen molar-refractivity contribution in [3.8, 4) is 0 Å². The molecule has 1 fully saturated rings. The summed E-state index contributed by atoms with van der Waals surface area (Å²) in [6.07, 6.45) is 3.69. The van der Waals surface area contributed by atoms with Crippen LogP contribution >= 0.6 is 0 Å². The number of nitrogens with one attached hydrogen (secondary N) is 2. The van der Waals surface area contributed by atoms with Crippen LogP contribution in [0.5, 0.6) is 0 Å². The third-order valence-corrected chi connectivity index (χ3v) is 4.71. The molecular formula is C20H27N3O5. The van der Waals surface area contributed by atoms with E-state index in [0.717, 1.165) is 43.0 Å². The van der Waals surface area contributed by atoms with Crippen LogP contribution in [0.25, 0.3) is 0 Å². The minimum Gasteiger partial charge on any atom is -0.385 e. The first-order valence-corrected chi connectivity index (χ1v) is 9.43. The van der Waals surface area contributed by atoms with Crippen LogP contribution < -0.4 is 10.6 Å². The largest absolute Gasteiger partial charge is 0.385 e. The number of benzene rings is 1. The molecule has 0 radical (unpaired) electrons. The van der Waals surface area contributed by atoms with E-state index >= 15 is 0 Å². The smallest absolute Gasteiger partial charge is 0.261 e. The SMILES string of the molecule is COCCCCCNc1ccc(C(=O)N(C=O)C2CCC(=O)NC2=O)c(C)c1. The molecule has 1 aliphatic heterocycles. The monoisotopic (exact) mass is 389 g/mol. The predicted octanol–water partition coefficient (Wildman–Crippen LogP) is 1.63. The van der Waals surface area contributed by atoms with Crippen molar-refractivity contribution in [1.29, 1.82) is 0 Å². The van der Waals surface area contributed by atoms with Crippen molar-refractivity contribution < 1.29 is 23.9 Å². The van der Waals surface area contributed by atoms with Gasteiger partial charge in [0.25, 0.3) is 5.91 Å². The molecular weight excluding hydrogens is 362 g/mol. The molecule has 0 aliphatic carbocycles. The number of carbonyl (C=O) groups excluding carboxylic acids is 4. The van der Waals surface area contributed by atoms with Gasteiger partial charge in [0.05, 0.1) is 0 Å². The highest BCUT2D eigenvalue weighted by Crippen LogP contribution is 2.20. The van der Waals surface area contributed by atoms with Gasteiger partial charge in [-0.05, 0) is 56.4 Å². The van der Waals surface area contributed by atoms with Gasteiger partial charge in [0.2, 0.25) is 18.2 Å². The molecule has 1 aromatic carbocycles. The van der Waals surface area contributed by atoms with Crippen molar-refractivity contribution in [3.05, 3.63) is 29.3 Å². The van der Waals surface area contributed by atoms with Gasteiger partial charge < -0.3 is 10.1 Å². The average Bonchev–Trinajstić information content (AvgIpc) is 2.66. The lowest BCUT2D eigenvalue weighted by Crippen LogP contribution is -2.53. The summed E-state index contributed by atoms with van der Waals surface area (Å²) in [6, 6.07) is 4.30. The van der Waals surface area contributed by atoms with Crippen LogP contribution in [-0.4, -0.2) is 55.3 Å². The number of aryl methyl sites for hydroxylation is 1. The summed E-state index contributed by atoms with van der Waals surface area (Å²) in [5, 5.41) is 5.48. The molecule has 152 valence electrons. The molecule has 0 bridgehead atoms. The second kappa shape index (κ2) is 10.6. The zero-order chi connectivity index (χ0) is 20.5. The van der Waals surface area contributed by atoms with E-state index in [1.807, 2.05) is 6.07 Å². The highest BCUT2D eigenvalue weighted by Gasteiger charge is 2.35. The van der Waals surface area contributed by atoms with E-state index in [2.05, 4.69) is 10.6 Å². The molecule has 1 atom stereocenters. The van der Waals surface area contributed by atoms with Gasteiger partial charge in [0.1, 0.15) is 6.04 Å². The maximum absolute atomic E-state index is 12.8. The Morgan fingerprint density at radius 2 is 2.11 bits per heavy atom. The summed E-state index contributed by atoms with van der Waals surface area (Å²) < 4.78 is 5.02.